The Morgan fingerprint density at radius 1 is 1.08 bits per heavy atom. The van der Waals surface area contributed by atoms with Crippen LogP contribution in [0.15, 0.2) is 57.7 Å². The zero-order valence-electron chi connectivity index (χ0n) is 13.7. The number of amides is 1. The van der Waals surface area contributed by atoms with Gasteiger partial charge >= 0.3 is 0 Å². The third-order valence-electron chi connectivity index (χ3n) is 4.52. The monoisotopic (exact) mass is 353 g/mol. The normalized spacial score (nSPS) is 16.5. The molecule has 0 N–H and O–H groups in total. The van der Waals surface area contributed by atoms with Crippen LogP contribution in [0.5, 0.6) is 0 Å². The zero-order valence-corrected chi connectivity index (χ0v) is 14.4. The summed E-state index contributed by atoms with van der Waals surface area (Å²) < 4.78 is 5.83. The average Bonchev–Trinajstić information content (AvgIpc) is 2.89. The fourth-order valence-electron chi connectivity index (χ4n) is 3.43. The van der Waals surface area contributed by atoms with E-state index in [9.17, 15) is 9.59 Å². The van der Waals surface area contributed by atoms with Gasteiger partial charge in [-0.25, -0.2) is 0 Å². The summed E-state index contributed by atoms with van der Waals surface area (Å²) in [5.74, 6) is -0.0863. The van der Waals surface area contributed by atoms with Crippen LogP contribution in [0.3, 0.4) is 0 Å². The van der Waals surface area contributed by atoms with E-state index in [1.807, 2.05) is 19.1 Å². The highest BCUT2D eigenvalue weighted by molar-refractivity contribution is 6.30. The van der Waals surface area contributed by atoms with Gasteiger partial charge < -0.3 is 9.32 Å². The average molecular weight is 354 g/mol. The highest BCUT2D eigenvalue weighted by Gasteiger charge is 2.42. The smallest absolute Gasteiger partial charge is 0.290 e. The van der Waals surface area contributed by atoms with Gasteiger partial charge in [-0.1, -0.05) is 42.8 Å². The van der Waals surface area contributed by atoms with E-state index < -0.39 is 6.04 Å². The standard InChI is InChI=1S/C20H16ClNO3/c1-2-11-22-17(12-7-9-13(21)10-8-12)16-18(23)14-5-3-4-6-15(14)25-19(16)20(22)24/h3-10,17H,2,11H2,1H3/t17-/m0/s1. The lowest BCUT2D eigenvalue weighted by Gasteiger charge is -2.24. The van der Waals surface area contributed by atoms with Gasteiger partial charge in [0.2, 0.25) is 5.76 Å². The summed E-state index contributed by atoms with van der Waals surface area (Å²) in [6.45, 7) is 2.55. The Balaban J connectivity index is 2.00. The minimum atomic E-state index is -0.444. The molecule has 1 aliphatic heterocycles. The number of benzene rings is 2. The van der Waals surface area contributed by atoms with Gasteiger partial charge in [0.05, 0.1) is 17.0 Å². The van der Waals surface area contributed by atoms with Crippen molar-refractivity contribution in [2.24, 2.45) is 0 Å². The molecule has 5 heteroatoms. The van der Waals surface area contributed by atoms with Gasteiger partial charge in [0.1, 0.15) is 5.58 Å². The van der Waals surface area contributed by atoms with Crippen molar-refractivity contribution in [1.29, 1.82) is 0 Å². The van der Waals surface area contributed by atoms with Crippen LogP contribution in [0.1, 0.15) is 41.1 Å². The molecule has 0 spiro atoms. The first-order valence-corrected chi connectivity index (χ1v) is 8.61. The summed E-state index contributed by atoms with van der Waals surface area (Å²) in [5.41, 5.74) is 1.56. The first-order valence-electron chi connectivity index (χ1n) is 8.24. The molecule has 1 atom stereocenters. The van der Waals surface area contributed by atoms with Crippen LogP contribution in [0.2, 0.25) is 5.02 Å². The summed E-state index contributed by atoms with van der Waals surface area (Å²) in [4.78, 5) is 27.7. The Kier molecular flexibility index (Phi) is 3.85. The van der Waals surface area contributed by atoms with Gasteiger partial charge in [-0.3, -0.25) is 9.59 Å². The van der Waals surface area contributed by atoms with Crippen molar-refractivity contribution in [2.75, 3.05) is 6.54 Å². The molecule has 4 nitrogen and oxygen atoms in total. The maximum atomic E-state index is 13.1. The van der Waals surface area contributed by atoms with Crippen LogP contribution in [0.25, 0.3) is 11.0 Å². The Bertz CT molecular complexity index is 1020. The van der Waals surface area contributed by atoms with Crippen molar-refractivity contribution in [2.45, 2.75) is 19.4 Å². The van der Waals surface area contributed by atoms with Gasteiger partial charge in [-0.2, -0.15) is 0 Å². The van der Waals surface area contributed by atoms with Gasteiger partial charge in [0, 0.05) is 11.6 Å². The molecule has 1 amide bonds. The highest BCUT2D eigenvalue weighted by Crippen LogP contribution is 2.38. The lowest BCUT2D eigenvalue weighted by Crippen LogP contribution is -2.30. The number of fused-ring (bicyclic) bond motifs is 2. The minimum Gasteiger partial charge on any atom is -0.450 e. The van der Waals surface area contributed by atoms with E-state index in [4.69, 9.17) is 16.0 Å². The molecular weight excluding hydrogens is 338 g/mol. The molecule has 0 unspecified atom stereocenters. The first-order chi connectivity index (χ1) is 12.1. The molecule has 0 saturated heterocycles. The number of nitrogens with zero attached hydrogens (tertiary/aromatic N) is 1. The Labute approximate surface area is 149 Å². The molecule has 4 rings (SSSR count). The second-order valence-electron chi connectivity index (χ2n) is 6.12. The maximum Gasteiger partial charge on any atom is 0.290 e. The Morgan fingerprint density at radius 3 is 2.52 bits per heavy atom. The summed E-state index contributed by atoms with van der Waals surface area (Å²) in [7, 11) is 0. The third kappa shape index (κ3) is 2.45. The number of hydrogen-bond acceptors (Lipinski definition) is 3. The number of rotatable bonds is 3. The van der Waals surface area contributed by atoms with Crippen LogP contribution >= 0.6 is 11.6 Å². The van der Waals surface area contributed by atoms with Crippen molar-refractivity contribution >= 4 is 28.5 Å². The molecule has 2 heterocycles. The van der Waals surface area contributed by atoms with E-state index in [1.54, 1.807) is 41.3 Å². The quantitative estimate of drug-likeness (QED) is 0.701. The van der Waals surface area contributed by atoms with Crippen LogP contribution in [0, 0.1) is 0 Å². The molecule has 0 bridgehead atoms. The molecule has 0 saturated carbocycles. The van der Waals surface area contributed by atoms with Crippen LogP contribution in [0.4, 0.5) is 0 Å². The molecule has 2 aromatic carbocycles. The van der Waals surface area contributed by atoms with Crippen LogP contribution < -0.4 is 5.43 Å². The number of carbonyl (C=O) groups excluding carboxylic acids is 1. The van der Waals surface area contributed by atoms with Gasteiger partial charge in [-0.15, -0.1) is 0 Å². The number of hydrogen-bond donors (Lipinski definition) is 0. The molecule has 0 aliphatic carbocycles. The van der Waals surface area contributed by atoms with E-state index in [-0.39, 0.29) is 17.1 Å². The first kappa shape index (κ1) is 15.9. The van der Waals surface area contributed by atoms with Gasteiger partial charge in [-0.05, 0) is 36.2 Å². The topological polar surface area (TPSA) is 50.5 Å². The largest absolute Gasteiger partial charge is 0.450 e. The van der Waals surface area contributed by atoms with Crippen LogP contribution in [-0.4, -0.2) is 17.4 Å². The van der Waals surface area contributed by atoms with Gasteiger partial charge in [0.25, 0.3) is 5.91 Å². The number of para-hydroxylation sites is 1. The Morgan fingerprint density at radius 2 is 1.80 bits per heavy atom. The third-order valence-corrected chi connectivity index (χ3v) is 4.78. The molecule has 3 aromatic rings. The second kappa shape index (κ2) is 6.05. The summed E-state index contributed by atoms with van der Waals surface area (Å²) in [5, 5.41) is 1.10. The van der Waals surface area contributed by atoms with Crippen molar-refractivity contribution in [3.63, 3.8) is 0 Å². The predicted molar refractivity (Wildman–Crippen MR) is 97.1 cm³/mol. The minimum absolute atomic E-state index is 0.149. The summed E-state index contributed by atoms with van der Waals surface area (Å²) in [6.07, 6.45) is 0.789. The maximum absolute atomic E-state index is 13.1. The van der Waals surface area contributed by atoms with E-state index in [0.29, 0.717) is 28.1 Å². The molecule has 25 heavy (non-hydrogen) atoms. The number of halogens is 1. The summed E-state index contributed by atoms with van der Waals surface area (Å²) >= 11 is 5.99. The van der Waals surface area contributed by atoms with E-state index in [1.165, 1.54) is 0 Å². The highest BCUT2D eigenvalue weighted by atomic mass is 35.5. The van der Waals surface area contributed by atoms with Crippen molar-refractivity contribution in [1.82, 2.24) is 4.90 Å². The van der Waals surface area contributed by atoms with Crippen molar-refractivity contribution < 1.29 is 9.21 Å². The molecule has 0 radical (unpaired) electrons. The molecule has 1 aliphatic rings. The fourth-order valence-corrected chi connectivity index (χ4v) is 3.56. The zero-order chi connectivity index (χ0) is 17.6. The predicted octanol–water partition coefficient (Wildman–Crippen LogP) is 4.40. The lowest BCUT2D eigenvalue weighted by molar-refractivity contribution is 0.0728. The molecule has 126 valence electrons. The lowest BCUT2D eigenvalue weighted by atomic mass is 9.98. The van der Waals surface area contributed by atoms with E-state index in [2.05, 4.69) is 0 Å². The van der Waals surface area contributed by atoms with Crippen molar-refractivity contribution in [3.05, 3.63) is 80.7 Å². The number of carbonyl (C=O) groups is 1. The van der Waals surface area contributed by atoms with Crippen LogP contribution in [-0.2, 0) is 0 Å². The molecule has 1 aromatic heterocycles. The van der Waals surface area contributed by atoms with E-state index in [0.717, 1.165) is 12.0 Å². The van der Waals surface area contributed by atoms with E-state index >= 15 is 0 Å². The molecular formula is C20H16ClNO3. The SMILES string of the molecule is CCCN1C(=O)c2oc3ccccc3c(=O)c2[C@@H]1c1ccc(Cl)cc1. The second-order valence-corrected chi connectivity index (χ2v) is 6.56. The Hall–Kier alpha value is -2.59. The summed E-state index contributed by atoms with van der Waals surface area (Å²) in [6, 6.07) is 13.8. The van der Waals surface area contributed by atoms with Gasteiger partial charge in [0.15, 0.2) is 5.43 Å². The molecule has 0 fully saturated rings. The fraction of sp³-hybridized carbons (Fsp3) is 0.200. The van der Waals surface area contributed by atoms with Crippen molar-refractivity contribution in [3.8, 4) is 0 Å².